The van der Waals surface area contributed by atoms with Crippen molar-refractivity contribution in [2.24, 2.45) is 0 Å². The molecule has 2 aromatic heterocycles. The minimum absolute atomic E-state index is 0.886. The summed E-state index contributed by atoms with van der Waals surface area (Å²) in [6, 6.07) is 92.0. The van der Waals surface area contributed by atoms with E-state index in [4.69, 9.17) is 4.42 Å². The molecule has 0 aliphatic heterocycles. The van der Waals surface area contributed by atoms with E-state index in [0.717, 1.165) is 72.5 Å². The highest BCUT2D eigenvalue weighted by atomic mass is 16.3. The summed E-state index contributed by atoms with van der Waals surface area (Å²) in [5, 5.41) is 7.24. The Morgan fingerprint density at radius 1 is 0.299 bits per heavy atom. The van der Waals surface area contributed by atoms with E-state index < -0.39 is 0 Å². The van der Waals surface area contributed by atoms with Crippen LogP contribution in [0, 0.1) is 0 Å². The number of rotatable bonds is 8. The molecule has 13 rings (SSSR count). The Morgan fingerprint density at radius 2 is 0.821 bits per heavy atom. The molecule has 0 N–H and O–H groups in total. The Morgan fingerprint density at radius 3 is 1.55 bits per heavy atom. The van der Waals surface area contributed by atoms with Crippen LogP contribution < -0.4 is 4.90 Å². The first-order valence-corrected chi connectivity index (χ1v) is 22.9. The second-order valence-electron chi connectivity index (χ2n) is 17.3. The summed E-state index contributed by atoms with van der Waals surface area (Å²) in [6.45, 7) is 0. The smallest absolute Gasteiger partial charge is 0.135 e. The molecule has 0 saturated heterocycles. The molecule has 0 saturated carbocycles. The second-order valence-corrected chi connectivity index (χ2v) is 17.3. The standard InChI is InChI=1S/C64H42N2O/c1-2-14-46-40-50(28-27-43(46)13-1)48-16-11-15-47(39-48)44-29-34-52(35-30-44)65(60-23-7-3-19-55(60)51-33-38-64-59(42-51)58-22-6-10-26-63(58)67-64)53-36-31-45(32-37-53)49-17-12-18-54(41-49)66-61-24-8-4-20-56(61)57-21-5-9-25-62(57)66/h1-42H. The number of hydrogen-bond donors (Lipinski definition) is 0. The quantitative estimate of drug-likeness (QED) is 0.152. The molecule has 0 aliphatic carbocycles. The van der Waals surface area contributed by atoms with Crippen LogP contribution in [-0.4, -0.2) is 4.57 Å². The maximum Gasteiger partial charge on any atom is 0.135 e. The molecule has 314 valence electrons. The van der Waals surface area contributed by atoms with E-state index in [0.29, 0.717) is 0 Å². The Kier molecular flexibility index (Phi) is 9.17. The van der Waals surface area contributed by atoms with Gasteiger partial charge in [-0.15, -0.1) is 0 Å². The van der Waals surface area contributed by atoms with E-state index in [1.165, 1.54) is 49.3 Å². The molecule has 13 aromatic rings. The monoisotopic (exact) mass is 854 g/mol. The molecule has 0 aliphatic rings. The summed E-state index contributed by atoms with van der Waals surface area (Å²) in [6.07, 6.45) is 0. The summed E-state index contributed by atoms with van der Waals surface area (Å²) in [5.41, 5.74) is 17.9. The number of hydrogen-bond acceptors (Lipinski definition) is 2. The van der Waals surface area contributed by atoms with Crippen molar-refractivity contribution in [3.05, 3.63) is 255 Å². The first kappa shape index (κ1) is 38.5. The molecule has 0 unspecified atom stereocenters. The van der Waals surface area contributed by atoms with Crippen molar-refractivity contribution >= 4 is 71.6 Å². The first-order valence-electron chi connectivity index (χ1n) is 22.9. The normalized spacial score (nSPS) is 11.6. The number of fused-ring (bicyclic) bond motifs is 7. The largest absolute Gasteiger partial charge is 0.456 e. The fourth-order valence-corrected chi connectivity index (χ4v) is 10.1. The summed E-state index contributed by atoms with van der Waals surface area (Å²) in [5.74, 6) is 0. The zero-order valence-corrected chi connectivity index (χ0v) is 36.6. The van der Waals surface area contributed by atoms with Gasteiger partial charge in [-0.1, -0.05) is 170 Å². The van der Waals surface area contributed by atoms with Gasteiger partial charge < -0.3 is 13.9 Å². The number of anilines is 3. The van der Waals surface area contributed by atoms with Crippen LogP contribution in [0.15, 0.2) is 259 Å². The van der Waals surface area contributed by atoms with Crippen LogP contribution >= 0.6 is 0 Å². The molecule has 0 fully saturated rings. The van der Waals surface area contributed by atoms with Crippen LogP contribution in [0.3, 0.4) is 0 Å². The Hall–Kier alpha value is -8.92. The topological polar surface area (TPSA) is 21.3 Å². The van der Waals surface area contributed by atoms with Gasteiger partial charge in [0.1, 0.15) is 11.2 Å². The minimum atomic E-state index is 0.886. The van der Waals surface area contributed by atoms with Crippen LogP contribution in [0.5, 0.6) is 0 Å². The van der Waals surface area contributed by atoms with Crippen LogP contribution in [0.25, 0.3) is 105 Å². The van der Waals surface area contributed by atoms with E-state index in [-0.39, 0.29) is 0 Å². The predicted octanol–water partition coefficient (Wildman–Crippen LogP) is 18.0. The van der Waals surface area contributed by atoms with Crippen molar-refractivity contribution in [2.45, 2.75) is 0 Å². The number of aromatic nitrogens is 1. The van der Waals surface area contributed by atoms with E-state index in [2.05, 4.69) is 252 Å². The maximum atomic E-state index is 6.26. The average Bonchev–Trinajstić information content (AvgIpc) is 3.95. The van der Waals surface area contributed by atoms with Crippen LogP contribution in [0.4, 0.5) is 17.1 Å². The number of benzene rings is 11. The molecular weight excluding hydrogens is 813 g/mol. The van der Waals surface area contributed by atoms with E-state index in [1.807, 2.05) is 12.1 Å². The Balaban J connectivity index is 0.903. The molecular formula is C64H42N2O. The number of furan rings is 1. The zero-order chi connectivity index (χ0) is 44.3. The maximum absolute atomic E-state index is 6.26. The van der Waals surface area contributed by atoms with E-state index in [9.17, 15) is 0 Å². The molecule has 0 radical (unpaired) electrons. The lowest BCUT2D eigenvalue weighted by Crippen LogP contribution is -2.11. The van der Waals surface area contributed by atoms with Crippen molar-refractivity contribution in [1.29, 1.82) is 0 Å². The summed E-state index contributed by atoms with van der Waals surface area (Å²) >= 11 is 0. The van der Waals surface area contributed by atoms with Gasteiger partial charge in [0.15, 0.2) is 0 Å². The number of nitrogens with zero attached hydrogens (tertiary/aromatic N) is 2. The third-order valence-electron chi connectivity index (χ3n) is 13.4. The van der Waals surface area contributed by atoms with Crippen molar-refractivity contribution in [3.8, 4) is 50.2 Å². The highest BCUT2D eigenvalue weighted by molar-refractivity contribution is 6.09. The van der Waals surface area contributed by atoms with Gasteiger partial charge in [-0.2, -0.15) is 0 Å². The van der Waals surface area contributed by atoms with Gasteiger partial charge in [-0.05, 0) is 135 Å². The van der Waals surface area contributed by atoms with Gasteiger partial charge in [-0.3, -0.25) is 0 Å². The minimum Gasteiger partial charge on any atom is -0.456 e. The Bertz CT molecular complexity index is 3930. The molecule has 2 heterocycles. The molecule has 3 heteroatoms. The molecule has 0 bridgehead atoms. The van der Waals surface area contributed by atoms with Crippen molar-refractivity contribution in [2.75, 3.05) is 4.90 Å². The van der Waals surface area contributed by atoms with Crippen molar-refractivity contribution in [3.63, 3.8) is 0 Å². The van der Waals surface area contributed by atoms with Gasteiger partial charge in [0.2, 0.25) is 0 Å². The highest BCUT2D eigenvalue weighted by Crippen LogP contribution is 2.44. The third kappa shape index (κ3) is 6.76. The van der Waals surface area contributed by atoms with Gasteiger partial charge in [0.05, 0.1) is 16.7 Å². The molecule has 3 nitrogen and oxygen atoms in total. The van der Waals surface area contributed by atoms with Gasteiger partial charge in [0.25, 0.3) is 0 Å². The predicted molar refractivity (Wildman–Crippen MR) is 282 cm³/mol. The first-order chi connectivity index (χ1) is 33.2. The van der Waals surface area contributed by atoms with E-state index >= 15 is 0 Å². The van der Waals surface area contributed by atoms with Gasteiger partial charge in [0, 0.05) is 44.2 Å². The highest BCUT2D eigenvalue weighted by Gasteiger charge is 2.19. The fraction of sp³-hybridized carbons (Fsp3) is 0. The Labute approximate surface area is 388 Å². The van der Waals surface area contributed by atoms with Crippen LogP contribution in [0.2, 0.25) is 0 Å². The molecule has 11 aromatic carbocycles. The second kappa shape index (κ2) is 16.0. The van der Waals surface area contributed by atoms with Crippen LogP contribution in [-0.2, 0) is 0 Å². The van der Waals surface area contributed by atoms with E-state index in [1.54, 1.807) is 0 Å². The number of para-hydroxylation sites is 4. The lowest BCUT2D eigenvalue weighted by atomic mass is 9.97. The zero-order valence-electron chi connectivity index (χ0n) is 36.6. The van der Waals surface area contributed by atoms with Crippen LogP contribution in [0.1, 0.15) is 0 Å². The molecule has 0 spiro atoms. The van der Waals surface area contributed by atoms with Gasteiger partial charge in [-0.25, -0.2) is 0 Å². The third-order valence-corrected chi connectivity index (χ3v) is 13.4. The summed E-state index contributed by atoms with van der Waals surface area (Å²) < 4.78 is 8.64. The van der Waals surface area contributed by atoms with Crippen molar-refractivity contribution < 1.29 is 4.42 Å². The lowest BCUT2D eigenvalue weighted by molar-refractivity contribution is 0.669. The summed E-state index contributed by atoms with van der Waals surface area (Å²) in [4.78, 5) is 2.39. The molecule has 0 amide bonds. The fourth-order valence-electron chi connectivity index (χ4n) is 10.1. The lowest BCUT2D eigenvalue weighted by Gasteiger charge is -2.28. The summed E-state index contributed by atoms with van der Waals surface area (Å²) in [7, 11) is 0. The SMILES string of the molecule is c1cc(-c2ccc(N(c3ccc(-c4cccc(-n5c6ccccc6c6ccccc65)c4)cc3)c3ccccc3-c3ccc4oc5ccccc5c4c3)cc2)cc(-c2ccc3ccccc3c2)c1. The molecule has 67 heavy (non-hydrogen) atoms. The van der Waals surface area contributed by atoms with Crippen molar-refractivity contribution in [1.82, 2.24) is 4.57 Å². The average molecular weight is 855 g/mol. The molecule has 0 atom stereocenters. The van der Waals surface area contributed by atoms with Gasteiger partial charge >= 0.3 is 0 Å².